The molecule has 2 rings (SSSR count). The predicted molar refractivity (Wildman–Crippen MR) is 79.1 cm³/mol. The monoisotopic (exact) mass is 266 g/mol. The molecule has 110 valence electrons. The number of likely N-dealkylation sites (tertiary alicyclic amines) is 1. The molecular weight excluding hydrogens is 236 g/mol. The Morgan fingerprint density at radius 3 is 2.58 bits per heavy atom. The summed E-state index contributed by atoms with van der Waals surface area (Å²) in [6, 6.07) is 0.513. The van der Waals surface area contributed by atoms with Crippen molar-refractivity contribution in [1.29, 1.82) is 0 Å². The minimum Gasteiger partial charge on any atom is -0.335 e. The number of hydrogen-bond donors (Lipinski definition) is 1. The van der Waals surface area contributed by atoms with E-state index in [1.54, 1.807) is 0 Å². The number of amides is 1. The first kappa shape index (κ1) is 14.8. The molecule has 1 unspecified atom stereocenters. The Kier molecular flexibility index (Phi) is 4.88. The van der Waals surface area contributed by atoms with Gasteiger partial charge in [-0.25, -0.2) is 0 Å². The largest absolute Gasteiger partial charge is 0.335 e. The summed E-state index contributed by atoms with van der Waals surface area (Å²) in [5.41, 5.74) is 0.192. The Labute approximate surface area is 118 Å². The Balaban J connectivity index is 2.10. The van der Waals surface area contributed by atoms with Crippen LogP contribution in [0.15, 0.2) is 0 Å². The van der Waals surface area contributed by atoms with E-state index in [4.69, 9.17) is 0 Å². The summed E-state index contributed by atoms with van der Waals surface area (Å²) in [5.74, 6) is 0.851. The summed E-state index contributed by atoms with van der Waals surface area (Å²) in [5, 5.41) is 3.56. The summed E-state index contributed by atoms with van der Waals surface area (Å²) in [6.07, 6.45) is 8.26. The highest BCUT2D eigenvalue weighted by molar-refractivity contribution is 5.77. The van der Waals surface area contributed by atoms with Crippen molar-refractivity contribution in [3.8, 4) is 0 Å². The summed E-state index contributed by atoms with van der Waals surface area (Å²) in [7, 11) is 0. The molecule has 0 bridgehead atoms. The first-order chi connectivity index (χ1) is 9.07. The maximum absolute atomic E-state index is 12.6. The van der Waals surface area contributed by atoms with Crippen LogP contribution in [-0.4, -0.2) is 35.5 Å². The highest BCUT2D eigenvalue weighted by Gasteiger charge is 2.47. The molecule has 1 heterocycles. The standard InChI is InChI=1S/C16H30N2O/c1-4-17-14-11-16(8-6-5-7-9-16)18(12-14)15(19)10-13(2)3/h13-14,17H,4-12H2,1-3H3. The lowest BCUT2D eigenvalue weighted by molar-refractivity contribution is -0.137. The lowest BCUT2D eigenvalue weighted by Crippen LogP contribution is -2.48. The minimum absolute atomic E-state index is 0.192. The number of nitrogens with one attached hydrogen (secondary N) is 1. The van der Waals surface area contributed by atoms with Crippen molar-refractivity contribution in [1.82, 2.24) is 10.2 Å². The van der Waals surface area contributed by atoms with E-state index in [9.17, 15) is 4.79 Å². The van der Waals surface area contributed by atoms with Crippen molar-refractivity contribution >= 4 is 5.91 Å². The number of rotatable bonds is 4. The first-order valence-corrected chi connectivity index (χ1v) is 8.11. The van der Waals surface area contributed by atoms with Crippen molar-refractivity contribution in [2.24, 2.45) is 5.92 Å². The molecule has 3 nitrogen and oxygen atoms in total. The van der Waals surface area contributed by atoms with Crippen LogP contribution < -0.4 is 5.32 Å². The molecule has 2 aliphatic rings. The lowest BCUT2D eigenvalue weighted by Gasteiger charge is -2.41. The van der Waals surface area contributed by atoms with Crippen molar-refractivity contribution in [3.63, 3.8) is 0 Å². The highest BCUT2D eigenvalue weighted by atomic mass is 16.2. The number of likely N-dealkylation sites (N-methyl/N-ethyl adjacent to an activating group) is 1. The van der Waals surface area contributed by atoms with E-state index in [2.05, 4.69) is 31.0 Å². The van der Waals surface area contributed by atoms with Gasteiger partial charge in [0.25, 0.3) is 0 Å². The summed E-state index contributed by atoms with van der Waals surface area (Å²) >= 11 is 0. The minimum atomic E-state index is 0.192. The molecule has 0 aromatic heterocycles. The molecule has 1 atom stereocenters. The molecular formula is C16H30N2O. The van der Waals surface area contributed by atoms with Crippen LogP contribution in [0.1, 0.15) is 65.7 Å². The Morgan fingerprint density at radius 1 is 1.32 bits per heavy atom. The van der Waals surface area contributed by atoms with Crippen LogP contribution in [0.2, 0.25) is 0 Å². The molecule has 1 saturated heterocycles. The average Bonchev–Trinajstić information content (AvgIpc) is 2.68. The van der Waals surface area contributed by atoms with Gasteiger partial charge in [0.1, 0.15) is 0 Å². The maximum Gasteiger partial charge on any atom is 0.223 e. The number of carbonyl (C=O) groups is 1. The van der Waals surface area contributed by atoms with Crippen molar-refractivity contribution in [2.45, 2.75) is 77.3 Å². The van der Waals surface area contributed by atoms with Gasteiger partial charge < -0.3 is 10.2 Å². The molecule has 1 aliphatic carbocycles. The fourth-order valence-corrected chi connectivity index (χ4v) is 3.98. The van der Waals surface area contributed by atoms with Gasteiger partial charge in [0.05, 0.1) is 0 Å². The number of nitrogens with zero attached hydrogens (tertiary/aromatic N) is 1. The Bertz CT molecular complexity index is 308. The van der Waals surface area contributed by atoms with Crippen molar-refractivity contribution in [2.75, 3.05) is 13.1 Å². The Hall–Kier alpha value is -0.570. The van der Waals surface area contributed by atoms with E-state index in [1.165, 1.54) is 38.5 Å². The zero-order valence-corrected chi connectivity index (χ0v) is 12.9. The van der Waals surface area contributed by atoms with Gasteiger partial charge in [-0.3, -0.25) is 4.79 Å². The molecule has 1 saturated carbocycles. The third kappa shape index (κ3) is 3.31. The summed E-state index contributed by atoms with van der Waals surface area (Å²) in [4.78, 5) is 14.8. The van der Waals surface area contributed by atoms with Gasteiger partial charge in [0.15, 0.2) is 0 Å². The molecule has 2 fully saturated rings. The molecule has 0 radical (unpaired) electrons. The third-order valence-electron chi connectivity index (χ3n) is 4.76. The van der Waals surface area contributed by atoms with E-state index in [0.717, 1.165) is 13.1 Å². The Morgan fingerprint density at radius 2 is 2.00 bits per heavy atom. The number of carbonyl (C=O) groups excluding carboxylic acids is 1. The van der Waals surface area contributed by atoms with Gasteiger partial charge in [-0.2, -0.15) is 0 Å². The van der Waals surface area contributed by atoms with E-state index < -0.39 is 0 Å². The van der Waals surface area contributed by atoms with Crippen LogP contribution >= 0.6 is 0 Å². The van der Waals surface area contributed by atoms with Gasteiger partial charge >= 0.3 is 0 Å². The van der Waals surface area contributed by atoms with Crippen LogP contribution in [0.5, 0.6) is 0 Å². The van der Waals surface area contributed by atoms with E-state index in [-0.39, 0.29) is 5.54 Å². The molecule has 3 heteroatoms. The highest BCUT2D eigenvalue weighted by Crippen LogP contribution is 2.42. The normalized spacial score (nSPS) is 26.3. The van der Waals surface area contributed by atoms with Gasteiger partial charge in [-0.15, -0.1) is 0 Å². The van der Waals surface area contributed by atoms with Gasteiger partial charge in [0.2, 0.25) is 5.91 Å². The molecule has 19 heavy (non-hydrogen) atoms. The third-order valence-corrected chi connectivity index (χ3v) is 4.76. The van der Waals surface area contributed by atoms with Crippen LogP contribution in [0.25, 0.3) is 0 Å². The fourth-order valence-electron chi connectivity index (χ4n) is 3.98. The quantitative estimate of drug-likeness (QED) is 0.848. The van der Waals surface area contributed by atoms with Gasteiger partial charge in [0, 0.05) is 24.5 Å². The van der Waals surface area contributed by atoms with Gasteiger partial charge in [-0.05, 0) is 31.7 Å². The van der Waals surface area contributed by atoms with E-state index in [1.807, 2.05) is 0 Å². The number of hydrogen-bond acceptors (Lipinski definition) is 2. The maximum atomic E-state index is 12.6. The molecule has 1 spiro atoms. The SMILES string of the molecule is CCNC1CN(C(=O)CC(C)C)C2(CCCCC2)C1. The van der Waals surface area contributed by atoms with E-state index >= 15 is 0 Å². The fraction of sp³-hybridized carbons (Fsp3) is 0.938. The van der Waals surface area contributed by atoms with E-state index in [0.29, 0.717) is 24.3 Å². The van der Waals surface area contributed by atoms with Crippen LogP contribution in [-0.2, 0) is 4.79 Å². The average molecular weight is 266 g/mol. The van der Waals surface area contributed by atoms with Crippen molar-refractivity contribution < 1.29 is 4.79 Å². The lowest BCUT2D eigenvalue weighted by atomic mass is 9.79. The summed E-state index contributed by atoms with van der Waals surface area (Å²) in [6.45, 7) is 8.38. The second kappa shape index (κ2) is 6.25. The second-order valence-corrected chi connectivity index (χ2v) is 6.85. The van der Waals surface area contributed by atoms with Crippen LogP contribution in [0.4, 0.5) is 0 Å². The second-order valence-electron chi connectivity index (χ2n) is 6.85. The zero-order chi connectivity index (χ0) is 13.9. The predicted octanol–water partition coefficient (Wildman–Crippen LogP) is 2.95. The van der Waals surface area contributed by atoms with Crippen molar-refractivity contribution in [3.05, 3.63) is 0 Å². The molecule has 1 N–H and O–H groups in total. The zero-order valence-electron chi connectivity index (χ0n) is 12.9. The topological polar surface area (TPSA) is 32.3 Å². The molecule has 0 aromatic rings. The van der Waals surface area contributed by atoms with Crippen LogP contribution in [0.3, 0.4) is 0 Å². The summed E-state index contributed by atoms with van der Waals surface area (Å²) < 4.78 is 0. The molecule has 0 aromatic carbocycles. The van der Waals surface area contributed by atoms with Crippen LogP contribution in [0, 0.1) is 5.92 Å². The first-order valence-electron chi connectivity index (χ1n) is 8.11. The molecule has 1 amide bonds. The van der Waals surface area contributed by atoms with Gasteiger partial charge in [-0.1, -0.05) is 40.0 Å². The molecule has 1 aliphatic heterocycles. The smallest absolute Gasteiger partial charge is 0.223 e.